The lowest BCUT2D eigenvalue weighted by Gasteiger charge is -2.22. The van der Waals surface area contributed by atoms with Crippen LogP contribution in [0.15, 0.2) is 0 Å². The van der Waals surface area contributed by atoms with Crippen LogP contribution in [0.1, 0.15) is 13.8 Å². The molecule has 0 aromatic rings. The van der Waals surface area contributed by atoms with Crippen molar-refractivity contribution in [3.63, 3.8) is 0 Å². The molecule has 4 heteroatoms. The number of hydrogen-bond acceptors (Lipinski definition) is 4. The second-order valence-corrected chi connectivity index (χ2v) is 3.27. The van der Waals surface area contributed by atoms with Gasteiger partial charge in [0.15, 0.2) is 0 Å². The highest BCUT2D eigenvalue weighted by molar-refractivity contribution is 4.63. The Hall–Kier alpha value is -0.160. The first-order valence-electron chi connectivity index (χ1n) is 5.32. The molecule has 1 atom stereocenters. The van der Waals surface area contributed by atoms with E-state index in [0.717, 1.165) is 32.9 Å². The first-order chi connectivity index (χ1) is 6.74. The first-order valence-corrected chi connectivity index (χ1v) is 5.32. The number of ether oxygens (including phenoxy) is 2. The number of nitrogens with zero attached hydrogens (tertiary/aromatic N) is 1. The lowest BCUT2D eigenvalue weighted by Crippen LogP contribution is -2.37. The van der Waals surface area contributed by atoms with Crippen LogP contribution in [-0.4, -0.2) is 57.5 Å². The Morgan fingerprint density at radius 3 is 2.50 bits per heavy atom. The average molecular weight is 204 g/mol. The molecule has 0 aliphatic carbocycles. The monoisotopic (exact) mass is 204 g/mol. The summed E-state index contributed by atoms with van der Waals surface area (Å²) in [6.07, 6.45) is 0.145. The standard InChI is InChI=1S/C10H24N2O2/c1-4-13-7-6-12(3)9-10(8-11)14-5-2/h10H,4-9,11H2,1-3H3. The van der Waals surface area contributed by atoms with Gasteiger partial charge in [0.05, 0.1) is 12.7 Å². The maximum Gasteiger partial charge on any atom is 0.0823 e. The molecule has 0 saturated heterocycles. The van der Waals surface area contributed by atoms with Crippen LogP contribution in [-0.2, 0) is 9.47 Å². The summed E-state index contributed by atoms with van der Waals surface area (Å²) in [5, 5.41) is 0. The van der Waals surface area contributed by atoms with Crippen LogP contribution in [0.5, 0.6) is 0 Å². The third kappa shape index (κ3) is 7.26. The molecule has 0 saturated carbocycles. The molecule has 0 fully saturated rings. The zero-order chi connectivity index (χ0) is 10.8. The van der Waals surface area contributed by atoms with Crippen LogP contribution in [0.25, 0.3) is 0 Å². The number of nitrogens with two attached hydrogens (primary N) is 1. The Morgan fingerprint density at radius 2 is 2.00 bits per heavy atom. The first kappa shape index (κ1) is 13.8. The quantitative estimate of drug-likeness (QED) is 0.549. The number of rotatable bonds is 9. The lowest BCUT2D eigenvalue weighted by atomic mass is 10.3. The van der Waals surface area contributed by atoms with E-state index in [4.69, 9.17) is 15.2 Å². The molecule has 0 aliphatic rings. The van der Waals surface area contributed by atoms with Gasteiger partial charge in [0.2, 0.25) is 0 Å². The molecule has 0 aliphatic heterocycles. The Kier molecular flexibility index (Phi) is 9.29. The molecule has 0 radical (unpaired) electrons. The summed E-state index contributed by atoms with van der Waals surface area (Å²) in [6, 6.07) is 0. The maximum atomic E-state index is 5.58. The minimum absolute atomic E-state index is 0.145. The summed E-state index contributed by atoms with van der Waals surface area (Å²) in [6.45, 7) is 8.64. The molecule has 0 aromatic carbocycles. The van der Waals surface area contributed by atoms with E-state index in [0.29, 0.717) is 6.54 Å². The van der Waals surface area contributed by atoms with E-state index in [1.165, 1.54) is 0 Å². The molecule has 4 nitrogen and oxygen atoms in total. The van der Waals surface area contributed by atoms with E-state index >= 15 is 0 Å². The Morgan fingerprint density at radius 1 is 1.29 bits per heavy atom. The molecule has 0 bridgehead atoms. The van der Waals surface area contributed by atoms with Crippen molar-refractivity contribution in [2.45, 2.75) is 20.0 Å². The molecule has 14 heavy (non-hydrogen) atoms. The van der Waals surface area contributed by atoms with Gasteiger partial charge in [0, 0.05) is 32.8 Å². The molecule has 1 unspecified atom stereocenters. The second kappa shape index (κ2) is 9.40. The maximum absolute atomic E-state index is 5.58. The highest BCUT2D eigenvalue weighted by Crippen LogP contribution is 1.93. The smallest absolute Gasteiger partial charge is 0.0823 e. The number of likely N-dealkylation sites (N-methyl/N-ethyl adjacent to an activating group) is 1. The molecule has 0 heterocycles. The van der Waals surface area contributed by atoms with Gasteiger partial charge in [0.25, 0.3) is 0 Å². The Balaban J connectivity index is 3.51. The topological polar surface area (TPSA) is 47.7 Å². The van der Waals surface area contributed by atoms with E-state index < -0.39 is 0 Å². The van der Waals surface area contributed by atoms with Crippen molar-refractivity contribution in [2.75, 3.05) is 46.5 Å². The fraction of sp³-hybridized carbons (Fsp3) is 1.00. The van der Waals surface area contributed by atoms with Crippen molar-refractivity contribution in [1.29, 1.82) is 0 Å². The Bertz CT molecular complexity index is 123. The van der Waals surface area contributed by atoms with Crippen LogP contribution in [0.2, 0.25) is 0 Å². The Labute approximate surface area is 87.4 Å². The minimum Gasteiger partial charge on any atom is -0.380 e. The SMILES string of the molecule is CCOCCN(C)CC(CN)OCC. The summed E-state index contributed by atoms with van der Waals surface area (Å²) in [7, 11) is 2.06. The fourth-order valence-electron chi connectivity index (χ4n) is 1.23. The van der Waals surface area contributed by atoms with Crippen molar-refractivity contribution in [1.82, 2.24) is 4.90 Å². The van der Waals surface area contributed by atoms with Gasteiger partial charge in [0.1, 0.15) is 0 Å². The van der Waals surface area contributed by atoms with Crippen molar-refractivity contribution >= 4 is 0 Å². The largest absolute Gasteiger partial charge is 0.380 e. The van der Waals surface area contributed by atoms with Crippen LogP contribution >= 0.6 is 0 Å². The van der Waals surface area contributed by atoms with Gasteiger partial charge in [-0.3, -0.25) is 0 Å². The lowest BCUT2D eigenvalue weighted by molar-refractivity contribution is 0.0369. The van der Waals surface area contributed by atoms with Crippen molar-refractivity contribution in [3.8, 4) is 0 Å². The van der Waals surface area contributed by atoms with Gasteiger partial charge in [-0.25, -0.2) is 0 Å². The van der Waals surface area contributed by atoms with Crippen LogP contribution < -0.4 is 5.73 Å². The molecule has 0 spiro atoms. The zero-order valence-corrected chi connectivity index (χ0v) is 9.66. The van der Waals surface area contributed by atoms with Gasteiger partial charge < -0.3 is 20.1 Å². The molecule has 2 N–H and O–H groups in total. The predicted molar refractivity (Wildman–Crippen MR) is 58.5 cm³/mol. The van der Waals surface area contributed by atoms with Crippen LogP contribution in [0, 0.1) is 0 Å². The molecule has 0 rings (SSSR count). The van der Waals surface area contributed by atoms with Gasteiger partial charge in [-0.05, 0) is 20.9 Å². The molecule has 86 valence electrons. The zero-order valence-electron chi connectivity index (χ0n) is 9.66. The van der Waals surface area contributed by atoms with Crippen molar-refractivity contribution < 1.29 is 9.47 Å². The summed E-state index contributed by atoms with van der Waals surface area (Å²) in [5.41, 5.74) is 5.58. The predicted octanol–water partition coefficient (Wildman–Crippen LogP) is 0.319. The summed E-state index contributed by atoms with van der Waals surface area (Å²) in [5.74, 6) is 0. The van der Waals surface area contributed by atoms with E-state index in [1.807, 2.05) is 13.8 Å². The van der Waals surface area contributed by atoms with E-state index in [9.17, 15) is 0 Å². The summed E-state index contributed by atoms with van der Waals surface area (Å²) >= 11 is 0. The van der Waals surface area contributed by atoms with Gasteiger partial charge in [-0.15, -0.1) is 0 Å². The normalized spacial score (nSPS) is 13.5. The minimum atomic E-state index is 0.145. The second-order valence-electron chi connectivity index (χ2n) is 3.27. The summed E-state index contributed by atoms with van der Waals surface area (Å²) < 4.78 is 10.7. The average Bonchev–Trinajstić information content (AvgIpc) is 2.17. The van der Waals surface area contributed by atoms with Crippen LogP contribution in [0.4, 0.5) is 0 Å². The fourth-order valence-corrected chi connectivity index (χ4v) is 1.23. The van der Waals surface area contributed by atoms with Gasteiger partial charge in [-0.2, -0.15) is 0 Å². The molecule has 0 amide bonds. The van der Waals surface area contributed by atoms with Gasteiger partial charge in [-0.1, -0.05) is 0 Å². The van der Waals surface area contributed by atoms with E-state index in [-0.39, 0.29) is 6.10 Å². The van der Waals surface area contributed by atoms with Gasteiger partial charge >= 0.3 is 0 Å². The summed E-state index contributed by atoms with van der Waals surface area (Å²) in [4.78, 5) is 2.18. The highest BCUT2D eigenvalue weighted by atomic mass is 16.5. The molecular weight excluding hydrogens is 180 g/mol. The van der Waals surface area contributed by atoms with Crippen molar-refractivity contribution in [3.05, 3.63) is 0 Å². The van der Waals surface area contributed by atoms with E-state index in [2.05, 4.69) is 11.9 Å². The number of hydrogen-bond donors (Lipinski definition) is 1. The highest BCUT2D eigenvalue weighted by Gasteiger charge is 2.08. The van der Waals surface area contributed by atoms with E-state index in [1.54, 1.807) is 0 Å². The van der Waals surface area contributed by atoms with Crippen LogP contribution in [0.3, 0.4) is 0 Å². The molecular formula is C10H24N2O2. The van der Waals surface area contributed by atoms with Crippen molar-refractivity contribution in [2.24, 2.45) is 5.73 Å². The molecule has 0 aromatic heterocycles. The third-order valence-electron chi connectivity index (χ3n) is 2.00. The third-order valence-corrected chi connectivity index (χ3v) is 2.00.